The van der Waals surface area contributed by atoms with Crippen molar-refractivity contribution in [3.8, 4) is 5.75 Å². The monoisotopic (exact) mass is 211 g/mol. The van der Waals surface area contributed by atoms with E-state index >= 15 is 0 Å². The fraction of sp³-hybridized carbons (Fsp3) is 0.444. The normalized spacial score (nSPS) is 11.4. The van der Waals surface area contributed by atoms with Crippen LogP contribution in [0.4, 0.5) is 0 Å². The highest BCUT2D eigenvalue weighted by Gasteiger charge is 2.21. The summed E-state index contributed by atoms with van der Waals surface area (Å²) in [7, 11) is 0. The highest BCUT2D eigenvalue weighted by Crippen LogP contribution is 2.27. The van der Waals surface area contributed by atoms with Gasteiger partial charge in [0.15, 0.2) is 11.6 Å². The van der Waals surface area contributed by atoms with Crippen LogP contribution in [-0.2, 0) is 5.41 Å². The maximum Gasteiger partial charge on any atom is 0.187 e. The lowest BCUT2D eigenvalue weighted by atomic mass is 9.91. The van der Waals surface area contributed by atoms with E-state index in [1.807, 2.05) is 20.8 Å². The minimum absolute atomic E-state index is 0.0671. The zero-order chi connectivity index (χ0) is 10.9. The Balaban J connectivity index is 3.29. The maximum atomic E-state index is 9.54. The van der Waals surface area contributed by atoms with Gasteiger partial charge in [0, 0.05) is 5.41 Å². The average Bonchev–Trinajstić information content (AvgIpc) is 2.02. The summed E-state index contributed by atoms with van der Waals surface area (Å²) in [6.07, 6.45) is 1.32. The SMILES string of the molecule is CC(C)(C)c1nc(C(N)=S)ncc1O. The van der Waals surface area contributed by atoms with Crippen molar-refractivity contribution >= 4 is 17.2 Å². The maximum absolute atomic E-state index is 9.54. The Kier molecular flexibility index (Phi) is 2.71. The lowest BCUT2D eigenvalue weighted by molar-refractivity contribution is 0.434. The number of hydrogen-bond donors (Lipinski definition) is 2. The van der Waals surface area contributed by atoms with Crippen LogP contribution < -0.4 is 5.73 Å². The van der Waals surface area contributed by atoms with Gasteiger partial charge in [-0.15, -0.1) is 0 Å². The molecule has 1 rings (SSSR count). The van der Waals surface area contributed by atoms with Crippen molar-refractivity contribution in [3.05, 3.63) is 17.7 Å². The number of rotatable bonds is 1. The summed E-state index contributed by atoms with van der Waals surface area (Å²) in [6.45, 7) is 5.83. The Morgan fingerprint density at radius 2 is 2.07 bits per heavy atom. The molecule has 0 radical (unpaired) electrons. The van der Waals surface area contributed by atoms with Crippen molar-refractivity contribution in [1.29, 1.82) is 0 Å². The summed E-state index contributed by atoms with van der Waals surface area (Å²) < 4.78 is 0. The first-order chi connectivity index (χ1) is 6.32. The van der Waals surface area contributed by atoms with Crippen LogP contribution in [0, 0.1) is 0 Å². The molecule has 76 valence electrons. The molecule has 0 unspecified atom stereocenters. The van der Waals surface area contributed by atoms with Gasteiger partial charge in [0.05, 0.1) is 11.9 Å². The van der Waals surface area contributed by atoms with Crippen molar-refractivity contribution in [3.63, 3.8) is 0 Å². The third-order valence-corrected chi connectivity index (χ3v) is 1.88. The molecule has 1 heterocycles. The molecule has 1 aromatic rings. The van der Waals surface area contributed by atoms with E-state index in [0.717, 1.165) is 0 Å². The first-order valence-electron chi connectivity index (χ1n) is 4.18. The van der Waals surface area contributed by atoms with Gasteiger partial charge in [0.2, 0.25) is 0 Å². The predicted molar refractivity (Wildman–Crippen MR) is 58.3 cm³/mol. The number of nitrogens with two attached hydrogens (primary N) is 1. The topological polar surface area (TPSA) is 72.0 Å². The minimum Gasteiger partial charge on any atom is -0.504 e. The summed E-state index contributed by atoms with van der Waals surface area (Å²) in [4.78, 5) is 8.08. The molecular weight excluding hydrogens is 198 g/mol. The van der Waals surface area contributed by atoms with Crippen LogP contribution in [0.3, 0.4) is 0 Å². The second-order valence-electron chi connectivity index (χ2n) is 4.04. The zero-order valence-electron chi connectivity index (χ0n) is 8.40. The van der Waals surface area contributed by atoms with Crippen LogP contribution in [0.2, 0.25) is 0 Å². The van der Waals surface area contributed by atoms with E-state index < -0.39 is 0 Å². The largest absolute Gasteiger partial charge is 0.504 e. The molecule has 0 bridgehead atoms. The van der Waals surface area contributed by atoms with Gasteiger partial charge in [0.1, 0.15) is 4.99 Å². The van der Waals surface area contributed by atoms with Crippen LogP contribution in [0.5, 0.6) is 5.75 Å². The summed E-state index contributed by atoms with van der Waals surface area (Å²) in [5.74, 6) is 0.361. The fourth-order valence-corrected chi connectivity index (χ4v) is 1.14. The van der Waals surface area contributed by atoms with E-state index in [9.17, 15) is 5.11 Å². The number of thiocarbonyl (C=S) groups is 1. The van der Waals surface area contributed by atoms with E-state index in [2.05, 4.69) is 9.97 Å². The molecular formula is C9H13N3OS. The summed E-state index contributed by atoms with van der Waals surface area (Å²) in [6, 6.07) is 0. The van der Waals surface area contributed by atoms with Crippen LogP contribution in [0.15, 0.2) is 6.20 Å². The van der Waals surface area contributed by atoms with Gasteiger partial charge in [-0.2, -0.15) is 0 Å². The van der Waals surface area contributed by atoms with Crippen molar-refractivity contribution in [1.82, 2.24) is 9.97 Å². The number of hydrogen-bond acceptors (Lipinski definition) is 4. The molecule has 4 nitrogen and oxygen atoms in total. The van der Waals surface area contributed by atoms with Gasteiger partial charge in [-0.1, -0.05) is 33.0 Å². The van der Waals surface area contributed by atoms with Crippen molar-refractivity contribution in [2.45, 2.75) is 26.2 Å². The van der Waals surface area contributed by atoms with Crippen molar-refractivity contribution in [2.75, 3.05) is 0 Å². The molecule has 0 aromatic carbocycles. The molecule has 5 heteroatoms. The van der Waals surface area contributed by atoms with E-state index in [1.165, 1.54) is 6.20 Å². The molecule has 14 heavy (non-hydrogen) atoms. The van der Waals surface area contributed by atoms with Crippen molar-refractivity contribution < 1.29 is 5.11 Å². The third-order valence-electron chi connectivity index (χ3n) is 1.70. The standard InChI is InChI=1S/C9H13N3OS/c1-9(2,3)6-5(13)4-11-8(12-6)7(10)14/h4,13H,1-3H3,(H2,10,14). The van der Waals surface area contributed by atoms with Gasteiger partial charge < -0.3 is 10.8 Å². The van der Waals surface area contributed by atoms with Crippen molar-refractivity contribution in [2.24, 2.45) is 5.73 Å². The first kappa shape index (κ1) is 10.8. The van der Waals surface area contributed by atoms with Crippen LogP contribution in [0.1, 0.15) is 32.3 Å². The second kappa shape index (κ2) is 3.49. The second-order valence-corrected chi connectivity index (χ2v) is 4.48. The Hall–Kier alpha value is -1.23. The van der Waals surface area contributed by atoms with Gasteiger partial charge >= 0.3 is 0 Å². The average molecular weight is 211 g/mol. The zero-order valence-corrected chi connectivity index (χ0v) is 9.22. The number of aromatic hydroxyl groups is 1. The molecule has 0 aliphatic rings. The smallest absolute Gasteiger partial charge is 0.187 e. The predicted octanol–water partition coefficient (Wildman–Crippen LogP) is 1.11. The molecule has 0 aliphatic carbocycles. The summed E-state index contributed by atoms with van der Waals surface area (Å²) >= 11 is 4.76. The Morgan fingerprint density at radius 3 is 2.50 bits per heavy atom. The molecule has 0 atom stereocenters. The Bertz CT molecular complexity index is 371. The highest BCUT2D eigenvalue weighted by molar-refractivity contribution is 7.80. The highest BCUT2D eigenvalue weighted by atomic mass is 32.1. The van der Waals surface area contributed by atoms with E-state index in [4.69, 9.17) is 18.0 Å². The summed E-state index contributed by atoms with van der Waals surface area (Å²) in [5, 5.41) is 9.54. The number of aromatic nitrogens is 2. The van der Waals surface area contributed by atoms with Gasteiger partial charge in [-0.05, 0) is 0 Å². The van der Waals surface area contributed by atoms with Crippen LogP contribution in [0.25, 0.3) is 0 Å². The molecule has 0 amide bonds. The quantitative estimate of drug-likeness (QED) is 0.681. The third kappa shape index (κ3) is 2.17. The number of nitrogens with zero attached hydrogens (tertiary/aromatic N) is 2. The lowest BCUT2D eigenvalue weighted by Gasteiger charge is -2.18. The summed E-state index contributed by atoms with van der Waals surface area (Å²) in [5.41, 5.74) is 5.69. The van der Waals surface area contributed by atoms with E-state index in [-0.39, 0.29) is 16.2 Å². The Labute approximate surface area is 88.2 Å². The van der Waals surface area contributed by atoms with Gasteiger partial charge in [0.25, 0.3) is 0 Å². The minimum atomic E-state index is -0.257. The molecule has 0 saturated carbocycles. The van der Waals surface area contributed by atoms with Gasteiger partial charge in [-0.25, -0.2) is 9.97 Å². The molecule has 3 N–H and O–H groups in total. The van der Waals surface area contributed by atoms with E-state index in [0.29, 0.717) is 11.5 Å². The van der Waals surface area contributed by atoms with E-state index in [1.54, 1.807) is 0 Å². The molecule has 0 aliphatic heterocycles. The Morgan fingerprint density at radius 1 is 1.50 bits per heavy atom. The molecule has 0 fully saturated rings. The molecule has 1 aromatic heterocycles. The first-order valence-corrected chi connectivity index (χ1v) is 4.59. The van der Waals surface area contributed by atoms with Gasteiger partial charge in [-0.3, -0.25) is 0 Å². The van der Waals surface area contributed by atoms with Crippen LogP contribution in [-0.4, -0.2) is 20.1 Å². The lowest BCUT2D eigenvalue weighted by Crippen LogP contribution is -2.20. The van der Waals surface area contributed by atoms with Crippen LogP contribution >= 0.6 is 12.2 Å². The molecule has 0 saturated heterocycles. The molecule has 0 spiro atoms. The fourth-order valence-electron chi connectivity index (χ4n) is 1.05.